The van der Waals surface area contributed by atoms with E-state index in [1.165, 1.54) is 0 Å². The first kappa shape index (κ1) is 15.5. The Morgan fingerprint density at radius 2 is 2.21 bits per heavy atom. The van der Waals surface area contributed by atoms with E-state index >= 15 is 0 Å². The maximum Gasteiger partial charge on any atom is 0.278 e. The van der Waals surface area contributed by atoms with Gasteiger partial charge in [-0.1, -0.05) is 6.92 Å². The van der Waals surface area contributed by atoms with Crippen LogP contribution >= 0.6 is 0 Å². The molecule has 0 spiro atoms. The molecule has 0 radical (unpaired) electrons. The van der Waals surface area contributed by atoms with E-state index in [0.717, 1.165) is 12.2 Å². The SMILES string of the molecule is COCC(C)CNCc1ncc(C)c([N+](=O)[O-])c1C. The van der Waals surface area contributed by atoms with Crippen LogP contribution in [0.25, 0.3) is 0 Å². The van der Waals surface area contributed by atoms with Gasteiger partial charge in [0.25, 0.3) is 5.69 Å². The third kappa shape index (κ3) is 4.25. The number of aryl methyl sites for hydroxylation is 1. The molecule has 0 fully saturated rings. The molecule has 0 aliphatic heterocycles. The number of methoxy groups -OCH3 is 1. The Morgan fingerprint density at radius 3 is 2.79 bits per heavy atom. The Hall–Kier alpha value is -1.53. The van der Waals surface area contributed by atoms with Gasteiger partial charge in [-0.05, 0) is 19.8 Å². The molecule has 0 aliphatic rings. The second-order valence-electron chi connectivity index (χ2n) is 4.81. The van der Waals surface area contributed by atoms with E-state index in [4.69, 9.17) is 4.74 Å². The molecule has 1 N–H and O–H groups in total. The minimum atomic E-state index is -0.344. The molecule has 0 amide bonds. The zero-order valence-corrected chi connectivity index (χ0v) is 11.9. The van der Waals surface area contributed by atoms with Crippen molar-refractivity contribution in [3.05, 3.63) is 33.1 Å². The maximum absolute atomic E-state index is 11.0. The summed E-state index contributed by atoms with van der Waals surface area (Å²) in [7, 11) is 1.67. The number of aromatic nitrogens is 1. The summed E-state index contributed by atoms with van der Waals surface area (Å²) in [4.78, 5) is 14.9. The van der Waals surface area contributed by atoms with E-state index in [1.54, 1.807) is 27.2 Å². The molecule has 6 nitrogen and oxygen atoms in total. The number of nitro groups is 1. The fourth-order valence-electron chi connectivity index (χ4n) is 2.00. The van der Waals surface area contributed by atoms with E-state index in [0.29, 0.717) is 30.2 Å². The number of rotatable bonds is 7. The van der Waals surface area contributed by atoms with Gasteiger partial charge in [-0.15, -0.1) is 0 Å². The van der Waals surface area contributed by atoms with E-state index in [-0.39, 0.29) is 10.6 Å². The number of hydrogen-bond acceptors (Lipinski definition) is 5. The summed E-state index contributed by atoms with van der Waals surface area (Å²) >= 11 is 0. The van der Waals surface area contributed by atoms with Crippen molar-refractivity contribution in [1.29, 1.82) is 0 Å². The van der Waals surface area contributed by atoms with E-state index in [2.05, 4.69) is 17.2 Å². The second-order valence-corrected chi connectivity index (χ2v) is 4.81. The number of hydrogen-bond donors (Lipinski definition) is 1. The molecule has 106 valence electrons. The van der Waals surface area contributed by atoms with Gasteiger partial charge >= 0.3 is 0 Å². The van der Waals surface area contributed by atoms with Crippen molar-refractivity contribution in [2.24, 2.45) is 5.92 Å². The summed E-state index contributed by atoms with van der Waals surface area (Å²) in [5.74, 6) is 0.394. The van der Waals surface area contributed by atoms with Crippen molar-refractivity contribution in [2.75, 3.05) is 20.3 Å². The zero-order chi connectivity index (χ0) is 14.4. The van der Waals surface area contributed by atoms with Crippen LogP contribution in [-0.2, 0) is 11.3 Å². The van der Waals surface area contributed by atoms with Crippen LogP contribution in [0.1, 0.15) is 23.7 Å². The van der Waals surface area contributed by atoms with Gasteiger partial charge in [0.15, 0.2) is 0 Å². The van der Waals surface area contributed by atoms with Crippen molar-refractivity contribution in [3.63, 3.8) is 0 Å². The third-order valence-electron chi connectivity index (χ3n) is 2.99. The molecule has 1 rings (SSSR count). The average molecular weight is 267 g/mol. The number of nitrogens with zero attached hydrogens (tertiary/aromatic N) is 2. The molecule has 1 unspecified atom stereocenters. The maximum atomic E-state index is 11.0. The molecule has 6 heteroatoms. The molecule has 1 aromatic heterocycles. The van der Waals surface area contributed by atoms with Crippen LogP contribution in [0.5, 0.6) is 0 Å². The summed E-state index contributed by atoms with van der Waals surface area (Å²) in [5, 5.41) is 14.3. The van der Waals surface area contributed by atoms with Crippen LogP contribution in [0, 0.1) is 29.9 Å². The van der Waals surface area contributed by atoms with Gasteiger partial charge in [0.1, 0.15) is 0 Å². The van der Waals surface area contributed by atoms with Crippen LogP contribution in [0.4, 0.5) is 5.69 Å². The molecule has 0 aromatic carbocycles. The molecule has 0 saturated carbocycles. The Bertz CT molecular complexity index is 449. The fourth-order valence-corrected chi connectivity index (χ4v) is 2.00. The van der Waals surface area contributed by atoms with Crippen molar-refractivity contribution in [1.82, 2.24) is 10.3 Å². The summed E-state index contributed by atoms with van der Waals surface area (Å²) in [6, 6.07) is 0. The topological polar surface area (TPSA) is 77.3 Å². The first-order valence-electron chi connectivity index (χ1n) is 6.26. The molecule has 0 aliphatic carbocycles. The highest BCUT2D eigenvalue weighted by atomic mass is 16.6. The van der Waals surface area contributed by atoms with Gasteiger partial charge in [0.05, 0.1) is 10.6 Å². The van der Waals surface area contributed by atoms with E-state index in [1.807, 2.05) is 0 Å². The normalized spacial score (nSPS) is 12.4. The van der Waals surface area contributed by atoms with Crippen LogP contribution in [0.2, 0.25) is 0 Å². The molecular formula is C13H21N3O3. The monoisotopic (exact) mass is 267 g/mol. The Kier molecular flexibility index (Phi) is 5.85. The molecular weight excluding hydrogens is 246 g/mol. The second kappa shape index (κ2) is 7.16. The lowest BCUT2D eigenvalue weighted by Crippen LogP contribution is -2.24. The first-order chi connectivity index (χ1) is 8.97. The third-order valence-corrected chi connectivity index (χ3v) is 2.99. The number of ether oxygens (including phenoxy) is 1. The highest BCUT2D eigenvalue weighted by Gasteiger charge is 2.18. The molecule has 1 heterocycles. The molecule has 1 atom stereocenters. The van der Waals surface area contributed by atoms with Gasteiger partial charge in [-0.3, -0.25) is 15.1 Å². The molecule has 1 aromatic rings. The smallest absolute Gasteiger partial charge is 0.278 e. The lowest BCUT2D eigenvalue weighted by atomic mass is 10.1. The predicted octanol–water partition coefficient (Wildman–Crippen LogP) is 1.98. The molecule has 0 bridgehead atoms. The zero-order valence-electron chi connectivity index (χ0n) is 11.9. The highest BCUT2D eigenvalue weighted by Crippen LogP contribution is 2.23. The Labute approximate surface area is 113 Å². The number of nitrogens with one attached hydrogen (secondary N) is 1. The lowest BCUT2D eigenvalue weighted by Gasteiger charge is -2.12. The van der Waals surface area contributed by atoms with Crippen molar-refractivity contribution in [2.45, 2.75) is 27.3 Å². The number of pyridine rings is 1. The average Bonchev–Trinajstić information content (AvgIpc) is 2.32. The molecule has 19 heavy (non-hydrogen) atoms. The van der Waals surface area contributed by atoms with E-state index < -0.39 is 0 Å². The van der Waals surface area contributed by atoms with E-state index in [9.17, 15) is 10.1 Å². The van der Waals surface area contributed by atoms with Gasteiger partial charge in [-0.25, -0.2) is 0 Å². The van der Waals surface area contributed by atoms with Gasteiger partial charge in [-0.2, -0.15) is 0 Å². The quantitative estimate of drug-likeness (QED) is 0.603. The fraction of sp³-hybridized carbons (Fsp3) is 0.615. The van der Waals surface area contributed by atoms with Crippen molar-refractivity contribution in [3.8, 4) is 0 Å². The van der Waals surface area contributed by atoms with Crippen LogP contribution < -0.4 is 5.32 Å². The predicted molar refractivity (Wildman–Crippen MR) is 73.1 cm³/mol. The first-order valence-corrected chi connectivity index (χ1v) is 6.26. The van der Waals surface area contributed by atoms with Gasteiger partial charge in [0, 0.05) is 44.1 Å². The van der Waals surface area contributed by atoms with Crippen LogP contribution in [-0.4, -0.2) is 30.2 Å². The lowest BCUT2D eigenvalue weighted by molar-refractivity contribution is -0.386. The van der Waals surface area contributed by atoms with Gasteiger partial charge < -0.3 is 10.1 Å². The molecule has 0 saturated heterocycles. The highest BCUT2D eigenvalue weighted by molar-refractivity contribution is 5.47. The van der Waals surface area contributed by atoms with Crippen molar-refractivity contribution < 1.29 is 9.66 Å². The van der Waals surface area contributed by atoms with Crippen LogP contribution in [0.3, 0.4) is 0 Å². The summed E-state index contributed by atoms with van der Waals surface area (Å²) in [5.41, 5.74) is 2.12. The minimum absolute atomic E-state index is 0.164. The summed E-state index contributed by atoms with van der Waals surface area (Å²) < 4.78 is 5.05. The minimum Gasteiger partial charge on any atom is -0.384 e. The Morgan fingerprint density at radius 1 is 1.53 bits per heavy atom. The van der Waals surface area contributed by atoms with Crippen LogP contribution in [0.15, 0.2) is 6.20 Å². The summed E-state index contributed by atoms with van der Waals surface area (Å²) in [6.45, 7) is 7.53. The Balaban J connectivity index is 2.70. The standard InChI is InChI=1S/C13H21N3O3/c1-9(8-19-4)5-14-7-12-11(3)13(16(17)18)10(2)6-15-12/h6,9,14H,5,7-8H2,1-4H3. The van der Waals surface area contributed by atoms with Gasteiger partial charge in [0.2, 0.25) is 0 Å². The summed E-state index contributed by atoms with van der Waals surface area (Å²) in [6.07, 6.45) is 1.56. The largest absolute Gasteiger partial charge is 0.384 e. The van der Waals surface area contributed by atoms with Crippen molar-refractivity contribution >= 4 is 5.69 Å².